The van der Waals surface area contributed by atoms with Crippen LogP contribution in [0.2, 0.25) is 0 Å². The normalized spacial score (nSPS) is 16.6. The zero-order chi connectivity index (χ0) is 18.5. The fourth-order valence-electron chi connectivity index (χ4n) is 3.91. The molecule has 1 aromatic carbocycles. The zero-order valence-electron chi connectivity index (χ0n) is 17.2. The summed E-state index contributed by atoms with van der Waals surface area (Å²) in [5.41, 5.74) is 1.33. The second-order valence-corrected chi connectivity index (χ2v) is 7.73. The maximum absolute atomic E-state index is 2.59. The number of hydrogen-bond acceptors (Lipinski definition) is 2. The van der Waals surface area contributed by atoms with Crippen LogP contribution in [-0.2, 0) is 0 Å². The summed E-state index contributed by atoms with van der Waals surface area (Å²) in [6.07, 6.45) is 21.4. The third kappa shape index (κ3) is 7.05. The Morgan fingerprint density at radius 3 is 2.00 bits per heavy atom. The topological polar surface area (TPSA) is 6.48 Å². The number of rotatable bonds is 14. The Kier molecular flexibility index (Phi) is 10.3. The third-order valence-corrected chi connectivity index (χ3v) is 5.51. The van der Waals surface area contributed by atoms with E-state index >= 15 is 0 Å². The van der Waals surface area contributed by atoms with Crippen molar-refractivity contribution >= 4 is 5.69 Å². The van der Waals surface area contributed by atoms with Gasteiger partial charge in [-0.05, 0) is 31.4 Å². The average molecular weight is 357 g/mol. The van der Waals surface area contributed by atoms with E-state index in [-0.39, 0.29) is 0 Å². The van der Waals surface area contributed by atoms with Gasteiger partial charge in [-0.2, -0.15) is 0 Å². The van der Waals surface area contributed by atoms with Crippen LogP contribution in [0.25, 0.3) is 0 Å². The largest absolute Gasteiger partial charge is 0.356 e. The van der Waals surface area contributed by atoms with E-state index in [1.54, 1.807) is 0 Å². The summed E-state index contributed by atoms with van der Waals surface area (Å²) in [5, 5.41) is 0. The summed E-state index contributed by atoms with van der Waals surface area (Å²) in [7, 11) is 0. The van der Waals surface area contributed by atoms with Crippen LogP contribution in [0, 0.1) is 0 Å². The first-order chi connectivity index (χ1) is 12.9. The highest BCUT2D eigenvalue weighted by molar-refractivity contribution is 5.51. The second-order valence-electron chi connectivity index (χ2n) is 7.73. The van der Waals surface area contributed by atoms with E-state index in [0.717, 1.165) is 0 Å². The minimum absolute atomic E-state index is 0.509. The lowest BCUT2D eigenvalue weighted by Crippen LogP contribution is -2.39. The number of hydrogen-bond donors (Lipinski definition) is 0. The Morgan fingerprint density at radius 1 is 0.692 bits per heavy atom. The molecule has 146 valence electrons. The van der Waals surface area contributed by atoms with E-state index in [4.69, 9.17) is 0 Å². The van der Waals surface area contributed by atoms with Gasteiger partial charge in [-0.3, -0.25) is 0 Å². The van der Waals surface area contributed by atoms with Crippen molar-refractivity contribution in [2.24, 2.45) is 0 Å². The molecule has 0 saturated carbocycles. The van der Waals surface area contributed by atoms with E-state index in [0.29, 0.717) is 6.17 Å². The van der Waals surface area contributed by atoms with Gasteiger partial charge < -0.3 is 9.80 Å². The quantitative estimate of drug-likeness (QED) is 0.322. The Bertz CT molecular complexity index is 482. The molecule has 1 heterocycles. The monoisotopic (exact) mass is 356 g/mol. The first kappa shape index (κ1) is 20.9. The summed E-state index contributed by atoms with van der Waals surface area (Å²) >= 11 is 0. The fourth-order valence-corrected chi connectivity index (χ4v) is 3.91. The third-order valence-electron chi connectivity index (χ3n) is 5.51. The molecule has 0 spiro atoms. The highest BCUT2D eigenvalue weighted by Crippen LogP contribution is 2.28. The van der Waals surface area contributed by atoms with E-state index in [9.17, 15) is 0 Å². The van der Waals surface area contributed by atoms with Gasteiger partial charge >= 0.3 is 0 Å². The molecule has 0 N–H and O–H groups in total. The Morgan fingerprint density at radius 2 is 1.31 bits per heavy atom. The van der Waals surface area contributed by atoms with Gasteiger partial charge in [0.15, 0.2) is 0 Å². The molecule has 0 amide bonds. The fraction of sp³-hybridized carbons (Fsp3) is 0.667. The van der Waals surface area contributed by atoms with Crippen LogP contribution in [0.4, 0.5) is 5.69 Å². The van der Waals surface area contributed by atoms with E-state index < -0.39 is 0 Å². The van der Waals surface area contributed by atoms with Crippen LogP contribution < -0.4 is 4.90 Å². The minimum Gasteiger partial charge on any atom is -0.356 e. The molecule has 0 aliphatic carbocycles. The summed E-state index contributed by atoms with van der Waals surface area (Å²) in [4.78, 5) is 5.07. The van der Waals surface area contributed by atoms with Crippen molar-refractivity contribution in [3.05, 3.63) is 42.7 Å². The maximum atomic E-state index is 2.59. The Labute approximate surface area is 162 Å². The van der Waals surface area contributed by atoms with Crippen LogP contribution in [0.3, 0.4) is 0 Å². The number of benzene rings is 1. The lowest BCUT2D eigenvalue weighted by Gasteiger charge is -2.33. The molecule has 2 heteroatoms. The van der Waals surface area contributed by atoms with Gasteiger partial charge in [0.2, 0.25) is 0 Å². The Balaban J connectivity index is 1.80. The number of anilines is 1. The Hall–Kier alpha value is -1.44. The molecule has 0 fully saturated rings. The number of nitrogens with zero attached hydrogens (tertiary/aromatic N) is 2. The lowest BCUT2D eigenvalue weighted by atomic mass is 10.1. The molecule has 26 heavy (non-hydrogen) atoms. The van der Waals surface area contributed by atoms with Crippen molar-refractivity contribution in [1.29, 1.82) is 0 Å². The molecule has 2 rings (SSSR count). The van der Waals surface area contributed by atoms with Crippen molar-refractivity contribution < 1.29 is 0 Å². The van der Waals surface area contributed by atoms with Gasteiger partial charge in [0.25, 0.3) is 0 Å². The lowest BCUT2D eigenvalue weighted by molar-refractivity contribution is 0.273. The van der Waals surface area contributed by atoms with Crippen LogP contribution in [0.15, 0.2) is 42.7 Å². The minimum atomic E-state index is 0.509. The molecule has 1 aliphatic rings. The zero-order valence-corrected chi connectivity index (χ0v) is 17.2. The highest BCUT2D eigenvalue weighted by atomic mass is 15.4. The summed E-state index contributed by atoms with van der Waals surface area (Å²) in [5.74, 6) is 0. The number of para-hydroxylation sites is 1. The van der Waals surface area contributed by atoms with Crippen molar-refractivity contribution in [2.45, 2.75) is 97.1 Å². The SMILES string of the molecule is CCCCCCCCCN1C=CN(c2ccccc2)C1CCCCCC. The van der Waals surface area contributed by atoms with Gasteiger partial charge in [0.1, 0.15) is 6.17 Å². The van der Waals surface area contributed by atoms with Crippen LogP contribution >= 0.6 is 0 Å². The van der Waals surface area contributed by atoms with Gasteiger partial charge in [0.05, 0.1) is 0 Å². The van der Waals surface area contributed by atoms with E-state index in [1.807, 2.05) is 0 Å². The highest BCUT2D eigenvalue weighted by Gasteiger charge is 2.26. The van der Waals surface area contributed by atoms with Crippen molar-refractivity contribution in [2.75, 3.05) is 11.4 Å². The smallest absolute Gasteiger partial charge is 0.105 e. The molecule has 1 unspecified atom stereocenters. The molecule has 1 aromatic rings. The summed E-state index contributed by atoms with van der Waals surface area (Å²) in [6, 6.07) is 10.9. The molecule has 0 aromatic heterocycles. The van der Waals surface area contributed by atoms with Crippen molar-refractivity contribution in [3.63, 3.8) is 0 Å². The molecule has 1 aliphatic heterocycles. The summed E-state index contributed by atoms with van der Waals surface area (Å²) < 4.78 is 0. The molecule has 2 nitrogen and oxygen atoms in total. The van der Waals surface area contributed by atoms with Gasteiger partial charge in [-0.15, -0.1) is 0 Å². The maximum Gasteiger partial charge on any atom is 0.105 e. The number of unbranched alkanes of at least 4 members (excludes halogenated alkanes) is 9. The van der Waals surface area contributed by atoms with Crippen LogP contribution in [-0.4, -0.2) is 17.6 Å². The molecule has 0 radical (unpaired) electrons. The standard InChI is InChI=1S/C24H40N2/c1-3-5-7-9-10-11-16-20-25-21-22-26(23-17-13-12-14-18-23)24(25)19-15-8-6-4-2/h12-14,17-18,21-22,24H,3-11,15-16,19-20H2,1-2H3. The van der Waals surface area contributed by atoms with E-state index in [2.05, 4.69) is 66.4 Å². The van der Waals surface area contributed by atoms with E-state index in [1.165, 1.54) is 89.3 Å². The molecular formula is C24H40N2. The van der Waals surface area contributed by atoms with Gasteiger partial charge in [0, 0.05) is 24.6 Å². The first-order valence-electron chi connectivity index (χ1n) is 11.1. The van der Waals surface area contributed by atoms with Gasteiger partial charge in [-0.1, -0.05) is 89.8 Å². The van der Waals surface area contributed by atoms with Crippen molar-refractivity contribution in [1.82, 2.24) is 4.90 Å². The molecule has 0 bridgehead atoms. The predicted molar refractivity (Wildman–Crippen MR) is 115 cm³/mol. The van der Waals surface area contributed by atoms with Crippen LogP contribution in [0.5, 0.6) is 0 Å². The average Bonchev–Trinajstić information content (AvgIpc) is 3.08. The predicted octanol–water partition coefficient (Wildman–Crippen LogP) is 7.33. The van der Waals surface area contributed by atoms with Crippen molar-refractivity contribution in [3.8, 4) is 0 Å². The molecule has 1 atom stereocenters. The second kappa shape index (κ2) is 12.8. The molecule has 0 saturated heterocycles. The first-order valence-corrected chi connectivity index (χ1v) is 11.1. The van der Waals surface area contributed by atoms with Crippen LogP contribution in [0.1, 0.15) is 90.9 Å². The molecular weight excluding hydrogens is 316 g/mol. The summed E-state index contributed by atoms with van der Waals surface area (Å²) in [6.45, 7) is 5.78. The van der Waals surface area contributed by atoms with Gasteiger partial charge in [-0.25, -0.2) is 0 Å².